The fourth-order valence-corrected chi connectivity index (χ4v) is 4.00. The molecule has 3 aromatic rings. The molecule has 0 saturated heterocycles. The highest BCUT2D eigenvalue weighted by Gasteiger charge is 2.19. The Morgan fingerprint density at radius 2 is 1.67 bits per heavy atom. The van der Waals surface area contributed by atoms with E-state index in [9.17, 15) is 8.42 Å². The van der Waals surface area contributed by atoms with E-state index in [1.807, 2.05) is 36.4 Å². The van der Waals surface area contributed by atoms with Crippen molar-refractivity contribution >= 4 is 20.8 Å². The topological polar surface area (TPSA) is 73.9 Å². The molecule has 3 aromatic carbocycles. The number of sulfonamides is 1. The summed E-state index contributed by atoms with van der Waals surface area (Å²) >= 11 is 0. The van der Waals surface area contributed by atoms with Gasteiger partial charge in [-0.05, 0) is 46.7 Å². The lowest BCUT2D eigenvalue weighted by atomic mass is 10.1. The maximum absolute atomic E-state index is 12.6. The lowest BCUT2D eigenvalue weighted by Gasteiger charge is -2.19. The van der Waals surface area contributed by atoms with Crippen LogP contribution in [-0.4, -0.2) is 28.7 Å². The Hall–Kier alpha value is -2.77. The van der Waals surface area contributed by atoms with Gasteiger partial charge in [0.25, 0.3) is 0 Å². The van der Waals surface area contributed by atoms with Crippen molar-refractivity contribution in [2.75, 3.05) is 20.3 Å². The summed E-state index contributed by atoms with van der Waals surface area (Å²) in [5.74, 6) is 1.79. The molecular weight excluding hydrogens is 366 g/mol. The number of nitrogens with one attached hydrogen (secondary N) is 1. The zero-order valence-corrected chi connectivity index (χ0v) is 15.6. The van der Waals surface area contributed by atoms with Crippen LogP contribution in [0.15, 0.2) is 59.5 Å². The van der Waals surface area contributed by atoms with Gasteiger partial charge in [0.1, 0.15) is 19.0 Å². The Bertz CT molecular complexity index is 1090. The van der Waals surface area contributed by atoms with Crippen LogP contribution in [-0.2, 0) is 16.6 Å². The Labute approximate surface area is 157 Å². The number of hydrogen-bond acceptors (Lipinski definition) is 5. The average Bonchev–Trinajstić information content (AvgIpc) is 2.71. The van der Waals surface area contributed by atoms with Crippen molar-refractivity contribution in [2.24, 2.45) is 0 Å². The summed E-state index contributed by atoms with van der Waals surface area (Å²) < 4.78 is 44.0. The molecule has 7 heteroatoms. The maximum atomic E-state index is 12.6. The van der Waals surface area contributed by atoms with Crippen molar-refractivity contribution in [3.8, 4) is 17.2 Å². The SMILES string of the molecule is COc1ccc2cc(CNS(=O)(=O)c3ccc4c(c3)OCCO4)ccc2c1. The van der Waals surface area contributed by atoms with Crippen LogP contribution in [0.4, 0.5) is 0 Å². The molecule has 0 spiro atoms. The van der Waals surface area contributed by atoms with E-state index in [0.717, 1.165) is 22.1 Å². The molecule has 0 aliphatic carbocycles. The fourth-order valence-electron chi connectivity index (χ4n) is 2.96. The molecule has 6 nitrogen and oxygen atoms in total. The number of rotatable bonds is 5. The van der Waals surface area contributed by atoms with E-state index in [-0.39, 0.29) is 11.4 Å². The Kier molecular flexibility index (Phi) is 4.63. The molecule has 1 N–H and O–H groups in total. The average molecular weight is 385 g/mol. The van der Waals surface area contributed by atoms with Crippen molar-refractivity contribution in [2.45, 2.75) is 11.4 Å². The van der Waals surface area contributed by atoms with E-state index in [1.165, 1.54) is 12.1 Å². The van der Waals surface area contributed by atoms with Gasteiger partial charge in [-0.15, -0.1) is 0 Å². The molecule has 1 aliphatic heterocycles. The first kappa shape index (κ1) is 17.6. The van der Waals surface area contributed by atoms with Crippen LogP contribution < -0.4 is 18.9 Å². The Balaban J connectivity index is 1.52. The molecule has 27 heavy (non-hydrogen) atoms. The van der Waals surface area contributed by atoms with Crippen molar-refractivity contribution in [1.29, 1.82) is 0 Å². The highest BCUT2D eigenvalue weighted by atomic mass is 32.2. The molecule has 0 aromatic heterocycles. The molecule has 0 fully saturated rings. The number of hydrogen-bond donors (Lipinski definition) is 1. The standard InChI is InChI=1S/C20H19NO5S/c1-24-17-5-4-15-10-14(2-3-16(15)11-17)13-21-27(22,23)18-6-7-19-20(12-18)26-9-8-25-19/h2-7,10-12,21H,8-9,13H2,1H3. The van der Waals surface area contributed by atoms with E-state index in [4.69, 9.17) is 14.2 Å². The third-order valence-electron chi connectivity index (χ3n) is 4.40. The van der Waals surface area contributed by atoms with Crippen molar-refractivity contribution in [3.05, 3.63) is 60.2 Å². The lowest BCUT2D eigenvalue weighted by Crippen LogP contribution is -2.23. The van der Waals surface area contributed by atoms with Gasteiger partial charge < -0.3 is 14.2 Å². The van der Waals surface area contributed by atoms with Gasteiger partial charge in [-0.3, -0.25) is 0 Å². The molecule has 4 rings (SSSR count). The second-order valence-electron chi connectivity index (χ2n) is 6.18. The second-order valence-corrected chi connectivity index (χ2v) is 7.94. The molecule has 0 bridgehead atoms. The third kappa shape index (κ3) is 3.70. The normalized spacial score (nSPS) is 13.5. The zero-order chi connectivity index (χ0) is 18.9. The van der Waals surface area contributed by atoms with Crippen LogP contribution in [0.25, 0.3) is 10.8 Å². The van der Waals surface area contributed by atoms with Gasteiger partial charge in [-0.2, -0.15) is 0 Å². The summed E-state index contributed by atoms with van der Waals surface area (Å²) in [7, 11) is -2.03. The molecule has 0 saturated carbocycles. The molecule has 0 radical (unpaired) electrons. The van der Waals surface area contributed by atoms with Gasteiger partial charge in [0.15, 0.2) is 11.5 Å². The molecule has 140 valence electrons. The van der Waals surface area contributed by atoms with Gasteiger partial charge in [0, 0.05) is 12.6 Å². The molecule has 0 amide bonds. The predicted molar refractivity (Wildman–Crippen MR) is 102 cm³/mol. The number of ether oxygens (including phenoxy) is 3. The van der Waals surface area contributed by atoms with E-state index >= 15 is 0 Å². The highest BCUT2D eigenvalue weighted by molar-refractivity contribution is 7.89. The molecule has 0 atom stereocenters. The molecular formula is C20H19NO5S. The maximum Gasteiger partial charge on any atom is 0.241 e. The summed E-state index contributed by atoms with van der Waals surface area (Å²) in [5.41, 5.74) is 0.869. The number of benzene rings is 3. The minimum absolute atomic E-state index is 0.150. The smallest absolute Gasteiger partial charge is 0.241 e. The summed E-state index contributed by atoms with van der Waals surface area (Å²) in [6.07, 6.45) is 0. The lowest BCUT2D eigenvalue weighted by molar-refractivity contribution is 0.171. The van der Waals surface area contributed by atoms with Crippen LogP contribution in [0.3, 0.4) is 0 Å². The summed E-state index contributed by atoms with van der Waals surface area (Å²) in [6.45, 7) is 1.07. The van der Waals surface area contributed by atoms with Crippen LogP contribution in [0.5, 0.6) is 17.2 Å². The molecule has 0 unspecified atom stereocenters. The Morgan fingerprint density at radius 1 is 0.926 bits per heavy atom. The van der Waals surface area contributed by atoms with Crippen LogP contribution in [0.1, 0.15) is 5.56 Å². The van der Waals surface area contributed by atoms with E-state index < -0.39 is 10.0 Å². The van der Waals surface area contributed by atoms with E-state index in [1.54, 1.807) is 13.2 Å². The first-order valence-electron chi connectivity index (χ1n) is 8.51. The van der Waals surface area contributed by atoms with Crippen molar-refractivity contribution < 1.29 is 22.6 Å². The van der Waals surface area contributed by atoms with Crippen LogP contribution in [0, 0.1) is 0 Å². The molecule has 1 heterocycles. The quantitative estimate of drug-likeness (QED) is 0.731. The van der Waals surface area contributed by atoms with Crippen molar-refractivity contribution in [1.82, 2.24) is 4.72 Å². The summed E-state index contributed by atoms with van der Waals surface area (Å²) in [4.78, 5) is 0.150. The van der Waals surface area contributed by atoms with Gasteiger partial charge >= 0.3 is 0 Å². The first-order chi connectivity index (χ1) is 13.0. The highest BCUT2D eigenvalue weighted by Crippen LogP contribution is 2.32. The van der Waals surface area contributed by atoms with E-state index in [2.05, 4.69) is 4.72 Å². The van der Waals surface area contributed by atoms with Crippen LogP contribution in [0.2, 0.25) is 0 Å². The number of fused-ring (bicyclic) bond motifs is 2. The zero-order valence-electron chi connectivity index (χ0n) is 14.8. The predicted octanol–water partition coefficient (Wildman–Crippen LogP) is 3.10. The minimum atomic E-state index is -3.66. The van der Waals surface area contributed by atoms with Crippen LogP contribution >= 0.6 is 0 Å². The minimum Gasteiger partial charge on any atom is -0.497 e. The summed E-state index contributed by atoms with van der Waals surface area (Å²) in [5, 5.41) is 2.06. The van der Waals surface area contributed by atoms with Gasteiger partial charge in [-0.1, -0.05) is 18.2 Å². The third-order valence-corrected chi connectivity index (χ3v) is 5.80. The first-order valence-corrected chi connectivity index (χ1v) is 9.99. The largest absolute Gasteiger partial charge is 0.497 e. The fraction of sp³-hybridized carbons (Fsp3) is 0.200. The second kappa shape index (κ2) is 7.09. The van der Waals surface area contributed by atoms with Gasteiger partial charge in [0.2, 0.25) is 10.0 Å². The van der Waals surface area contributed by atoms with Gasteiger partial charge in [0.05, 0.1) is 12.0 Å². The molecule has 1 aliphatic rings. The Morgan fingerprint density at radius 3 is 2.48 bits per heavy atom. The summed E-state index contributed by atoms with van der Waals surface area (Å²) in [6, 6.07) is 16.2. The van der Waals surface area contributed by atoms with Gasteiger partial charge in [-0.25, -0.2) is 13.1 Å². The monoisotopic (exact) mass is 385 g/mol. The number of methoxy groups -OCH3 is 1. The van der Waals surface area contributed by atoms with E-state index in [0.29, 0.717) is 24.7 Å². The van der Waals surface area contributed by atoms with Crippen molar-refractivity contribution in [3.63, 3.8) is 0 Å².